The minimum Gasteiger partial charge on any atom is -0.508 e. The smallest absolute Gasteiger partial charge is 0.114 e. The van der Waals surface area contributed by atoms with Gasteiger partial charge in [0.2, 0.25) is 0 Å². The summed E-state index contributed by atoms with van der Waals surface area (Å²) >= 11 is 0. The Kier molecular flexibility index (Phi) is 4.73. The van der Waals surface area contributed by atoms with Crippen molar-refractivity contribution >= 4 is 0 Å². The highest BCUT2D eigenvalue weighted by molar-refractivity contribution is 5.21. The quantitative estimate of drug-likeness (QED) is 0.548. The van der Waals surface area contributed by atoms with Crippen molar-refractivity contribution in [3.63, 3.8) is 0 Å². The summed E-state index contributed by atoms with van der Waals surface area (Å²) in [6, 6.07) is 0. The molecule has 0 heterocycles. The Morgan fingerprint density at radius 2 is 2.00 bits per heavy atom. The van der Waals surface area contributed by atoms with Crippen molar-refractivity contribution < 1.29 is 5.11 Å². The highest BCUT2D eigenvalue weighted by Crippen LogP contribution is 2.14. The first-order valence-electron chi connectivity index (χ1n) is 3.86. The van der Waals surface area contributed by atoms with Gasteiger partial charge in [0, 0.05) is 0 Å². The van der Waals surface area contributed by atoms with Crippen molar-refractivity contribution in [2.24, 2.45) is 0 Å². The van der Waals surface area contributed by atoms with E-state index in [-0.39, 0.29) is 0 Å². The zero-order valence-electron chi connectivity index (χ0n) is 7.02. The topological polar surface area (TPSA) is 20.2 Å². The third-order valence-electron chi connectivity index (χ3n) is 1.40. The molecule has 0 aliphatic heterocycles. The lowest BCUT2D eigenvalue weighted by molar-refractivity contribution is 0.419. The molecule has 1 nitrogen and oxygen atoms in total. The third-order valence-corrected chi connectivity index (χ3v) is 1.40. The van der Waals surface area contributed by atoms with Crippen molar-refractivity contribution in [2.45, 2.75) is 33.6 Å². The van der Waals surface area contributed by atoms with Crippen LogP contribution in [0.1, 0.15) is 33.6 Å². The van der Waals surface area contributed by atoms with Crippen LogP contribution in [0, 0.1) is 0 Å². The second-order valence-corrected chi connectivity index (χ2v) is 2.11. The molecule has 0 amide bonds. The molecular weight excluding hydrogens is 124 g/mol. The highest BCUT2D eigenvalue weighted by Gasteiger charge is 1.99. The van der Waals surface area contributed by atoms with Gasteiger partial charge in [-0.3, -0.25) is 0 Å². The van der Waals surface area contributed by atoms with Crippen LogP contribution in [-0.2, 0) is 0 Å². The molecule has 0 saturated heterocycles. The average molecular weight is 140 g/mol. The average Bonchev–Trinajstić information content (AvgIpc) is 2.00. The van der Waals surface area contributed by atoms with Crippen LogP contribution in [-0.4, -0.2) is 5.11 Å². The van der Waals surface area contributed by atoms with Gasteiger partial charge in [0.05, 0.1) is 0 Å². The van der Waals surface area contributed by atoms with Crippen LogP contribution in [0.25, 0.3) is 0 Å². The van der Waals surface area contributed by atoms with Gasteiger partial charge in [0.1, 0.15) is 5.76 Å². The molecule has 10 heavy (non-hydrogen) atoms. The van der Waals surface area contributed by atoms with E-state index in [0.29, 0.717) is 5.76 Å². The molecule has 0 fully saturated rings. The van der Waals surface area contributed by atoms with Crippen LogP contribution in [0.5, 0.6) is 0 Å². The van der Waals surface area contributed by atoms with Crippen molar-refractivity contribution in [3.8, 4) is 0 Å². The maximum Gasteiger partial charge on any atom is 0.114 e. The molecule has 0 spiro atoms. The predicted octanol–water partition coefficient (Wildman–Crippen LogP) is 3.19. The number of aliphatic hydroxyl groups excluding tert-OH is 1. The summed E-state index contributed by atoms with van der Waals surface area (Å²) < 4.78 is 0. The lowest BCUT2D eigenvalue weighted by Crippen LogP contribution is -1.88. The van der Waals surface area contributed by atoms with E-state index in [1.165, 1.54) is 0 Å². The van der Waals surface area contributed by atoms with Crippen LogP contribution >= 0.6 is 0 Å². The monoisotopic (exact) mass is 140 g/mol. The lowest BCUT2D eigenvalue weighted by atomic mass is 10.1. The molecule has 1 aliphatic rings. The second-order valence-electron chi connectivity index (χ2n) is 2.11. The number of hydrogen-bond donors (Lipinski definition) is 1. The SMILES string of the molecule is CC.CC1=C(O)C=CCC1. The van der Waals surface area contributed by atoms with Gasteiger partial charge in [0.15, 0.2) is 0 Å². The van der Waals surface area contributed by atoms with E-state index < -0.39 is 0 Å². The maximum atomic E-state index is 8.97. The fraction of sp³-hybridized carbons (Fsp3) is 0.556. The molecule has 0 aromatic carbocycles. The Bertz CT molecular complexity index is 143. The Morgan fingerprint density at radius 1 is 1.40 bits per heavy atom. The summed E-state index contributed by atoms with van der Waals surface area (Å²) in [5, 5.41) is 8.97. The van der Waals surface area contributed by atoms with Crippen LogP contribution in [0.3, 0.4) is 0 Å². The van der Waals surface area contributed by atoms with Crippen LogP contribution in [0.15, 0.2) is 23.5 Å². The Hall–Kier alpha value is -0.720. The van der Waals surface area contributed by atoms with Crippen molar-refractivity contribution in [3.05, 3.63) is 23.5 Å². The van der Waals surface area contributed by atoms with Gasteiger partial charge in [-0.25, -0.2) is 0 Å². The summed E-state index contributed by atoms with van der Waals surface area (Å²) in [4.78, 5) is 0. The normalized spacial score (nSPS) is 16.3. The van der Waals surface area contributed by atoms with Crippen LogP contribution in [0.4, 0.5) is 0 Å². The van der Waals surface area contributed by atoms with E-state index >= 15 is 0 Å². The number of rotatable bonds is 0. The molecular formula is C9H16O. The van der Waals surface area contributed by atoms with Gasteiger partial charge in [0.25, 0.3) is 0 Å². The minimum atomic E-state index is 0.455. The molecule has 0 unspecified atom stereocenters. The summed E-state index contributed by atoms with van der Waals surface area (Å²) in [6.07, 6.45) is 5.85. The van der Waals surface area contributed by atoms with Gasteiger partial charge < -0.3 is 5.11 Å². The van der Waals surface area contributed by atoms with E-state index in [4.69, 9.17) is 5.11 Å². The molecule has 58 valence electrons. The van der Waals surface area contributed by atoms with E-state index in [2.05, 4.69) is 0 Å². The molecule has 1 heteroatoms. The lowest BCUT2D eigenvalue weighted by Gasteiger charge is -2.04. The fourth-order valence-corrected chi connectivity index (χ4v) is 0.765. The number of allylic oxidation sites excluding steroid dienone is 3. The van der Waals surface area contributed by atoms with E-state index in [1.807, 2.05) is 26.8 Å². The third kappa shape index (κ3) is 2.72. The zero-order valence-corrected chi connectivity index (χ0v) is 7.02. The molecule has 0 atom stereocenters. The minimum absolute atomic E-state index is 0.455. The van der Waals surface area contributed by atoms with Crippen molar-refractivity contribution in [1.29, 1.82) is 0 Å². The Labute approximate surface area is 63.1 Å². The molecule has 0 radical (unpaired) electrons. The van der Waals surface area contributed by atoms with Gasteiger partial charge in [-0.1, -0.05) is 19.9 Å². The molecule has 1 aliphatic carbocycles. The predicted molar refractivity (Wildman–Crippen MR) is 45.1 cm³/mol. The zero-order chi connectivity index (χ0) is 7.98. The Balaban J connectivity index is 0.000000371. The second kappa shape index (κ2) is 5.10. The standard InChI is InChI=1S/C7H10O.C2H6/c1-6-4-2-3-5-7(6)8;1-2/h3,5,8H,2,4H2,1H3;1-2H3. The van der Waals surface area contributed by atoms with Crippen molar-refractivity contribution in [1.82, 2.24) is 0 Å². The fourth-order valence-electron chi connectivity index (χ4n) is 0.765. The molecule has 0 saturated carbocycles. The van der Waals surface area contributed by atoms with Gasteiger partial charge in [-0.2, -0.15) is 0 Å². The van der Waals surface area contributed by atoms with Gasteiger partial charge in [-0.15, -0.1) is 0 Å². The number of aliphatic hydroxyl groups is 1. The number of hydrogen-bond acceptors (Lipinski definition) is 1. The van der Waals surface area contributed by atoms with E-state index in [9.17, 15) is 0 Å². The summed E-state index contributed by atoms with van der Waals surface area (Å²) in [5.74, 6) is 0.455. The molecule has 0 aromatic rings. The molecule has 0 aromatic heterocycles. The summed E-state index contributed by atoms with van der Waals surface area (Å²) in [5.41, 5.74) is 1.10. The van der Waals surface area contributed by atoms with Gasteiger partial charge >= 0.3 is 0 Å². The van der Waals surface area contributed by atoms with Crippen LogP contribution in [0.2, 0.25) is 0 Å². The largest absolute Gasteiger partial charge is 0.508 e. The maximum absolute atomic E-state index is 8.97. The van der Waals surface area contributed by atoms with E-state index in [1.54, 1.807) is 6.08 Å². The highest BCUT2D eigenvalue weighted by atomic mass is 16.3. The summed E-state index contributed by atoms with van der Waals surface area (Å²) in [6.45, 7) is 5.96. The van der Waals surface area contributed by atoms with Crippen molar-refractivity contribution in [2.75, 3.05) is 0 Å². The van der Waals surface area contributed by atoms with Crippen LogP contribution < -0.4 is 0 Å². The molecule has 1 rings (SSSR count). The molecule has 1 N–H and O–H groups in total. The first kappa shape index (κ1) is 9.28. The first-order chi connectivity index (χ1) is 4.80. The van der Waals surface area contributed by atoms with E-state index in [0.717, 1.165) is 18.4 Å². The molecule has 0 bridgehead atoms. The van der Waals surface area contributed by atoms with Gasteiger partial charge in [-0.05, 0) is 31.4 Å². The first-order valence-corrected chi connectivity index (χ1v) is 3.86. The summed E-state index contributed by atoms with van der Waals surface area (Å²) in [7, 11) is 0. The Morgan fingerprint density at radius 3 is 2.30 bits per heavy atom.